The van der Waals surface area contributed by atoms with Crippen molar-refractivity contribution in [2.75, 3.05) is 6.54 Å². The zero-order valence-electron chi connectivity index (χ0n) is 21.3. The van der Waals surface area contributed by atoms with Crippen LogP contribution in [0.1, 0.15) is 65.7 Å². The van der Waals surface area contributed by atoms with Crippen LogP contribution in [0.15, 0.2) is 42.5 Å². The molecule has 3 amide bonds. The summed E-state index contributed by atoms with van der Waals surface area (Å²) in [6, 6.07) is 14.8. The number of benzene rings is 2. The van der Waals surface area contributed by atoms with E-state index in [0.29, 0.717) is 51.2 Å². The van der Waals surface area contributed by atoms with E-state index in [4.69, 9.17) is 39.3 Å². The van der Waals surface area contributed by atoms with Crippen molar-refractivity contribution < 1.29 is 9.59 Å². The van der Waals surface area contributed by atoms with Crippen molar-refractivity contribution in [3.05, 3.63) is 74.9 Å². The number of primary amides is 1. The molecule has 1 aromatic heterocycles. The maximum Gasteiger partial charge on any atom is 0.315 e. The minimum Gasteiger partial charge on any atom is -0.351 e. The second-order valence-corrected chi connectivity index (χ2v) is 11.8. The van der Waals surface area contributed by atoms with E-state index in [-0.39, 0.29) is 23.4 Å². The molecule has 2 aromatic carbocycles. The molecule has 10 heteroatoms. The molecule has 1 aliphatic heterocycles. The third-order valence-electron chi connectivity index (χ3n) is 8.96. The summed E-state index contributed by atoms with van der Waals surface area (Å²) in [5.74, 6) is -0.198. The van der Waals surface area contributed by atoms with Gasteiger partial charge in [-0.05, 0) is 73.8 Å². The van der Waals surface area contributed by atoms with E-state index >= 15 is 0 Å². The van der Waals surface area contributed by atoms with Gasteiger partial charge in [-0.25, -0.2) is 4.79 Å². The summed E-state index contributed by atoms with van der Waals surface area (Å²) in [7, 11) is 0. The van der Waals surface area contributed by atoms with Gasteiger partial charge in [0.15, 0.2) is 0 Å². The number of nitrogens with zero attached hydrogens (tertiary/aromatic N) is 4. The van der Waals surface area contributed by atoms with Crippen LogP contribution in [0.4, 0.5) is 4.79 Å². The monoisotopic (exact) mass is 562 g/mol. The van der Waals surface area contributed by atoms with Crippen LogP contribution in [0.5, 0.6) is 0 Å². The molecule has 0 radical (unpaired) electrons. The summed E-state index contributed by atoms with van der Waals surface area (Å²) in [6.45, 7) is 1.08. The average molecular weight is 563 g/mol. The largest absolute Gasteiger partial charge is 0.351 e. The summed E-state index contributed by atoms with van der Waals surface area (Å²) >= 11 is 12.5. The van der Waals surface area contributed by atoms with E-state index in [9.17, 15) is 9.59 Å². The Labute approximate surface area is 236 Å². The lowest BCUT2D eigenvalue weighted by atomic mass is 9.55. The van der Waals surface area contributed by atoms with E-state index in [2.05, 4.69) is 23.5 Å². The number of nitriles is 1. The first-order chi connectivity index (χ1) is 18.7. The Balaban J connectivity index is 1.30. The standard InChI is InChI=1S/C29H28Cl2N6O2/c30-21-6-3-19(15-22(21)31)25-24(23-17-36(27(33)39)13-14-37(23)35-25)26(38)34-29-10-7-28(8-11-29,9-12-29)20-4-1-18(16-32)2-5-20/h1-6,15H,7-14,17H2,(H2,33,39)(H,34,38). The third-order valence-corrected chi connectivity index (χ3v) is 9.70. The molecule has 0 spiro atoms. The molecule has 2 bridgehead atoms. The Morgan fingerprint density at radius 2 is 1.67 bits per heavy atom. The van der Waals surface area contributed by atoms with Gasteiger partial charge in [0.05, 0.1) is 46.0 Å². The molecule has 3 aromatic rings. The summed E-state index contributed by atoms with van der Waals surface area (Å²) in [4.78, 5) is 27.6. The predicted molar refractivity (Wildman–Crippen MR) is 148 cm³/mol. The Kier molecular flexibility index (Phi) is 6.32. The van der Waals surface area contributed by atoms with Crippen LogP contribution in [0.3, 0.4) is 0 Å². The van der Waals surface area contributed by atoms with Crippen LogP contribution in [0.25, 0.3) is 11.3 Å². The third kappa shape index (κ3) is 4.44. The summed E-state index contributed by atoms with van der Waals surface area (Å²) < 4.78 is 1.79. The quantitative estimate of drug-likeness (QED) is 0.442. The predicted octanol–water partition coefficient (Wildman–Crippen LogP) is 5.40. The Hall–Kier alpha value is -3.54. The summed E-state index contributed by atoms with van der Waals surface area (Å²) in [6.07, 6.45) is 5.54. The molecule has 0 atom stereocenters. The fourth-order valence-corrected chi connectivity index (χ4v) is 6.90. The van der Waals surface area contributed by atoms with E-state index in [1.54, 1.807) is 22.9 Å². The molecule has 3 fully saturated rings. The van der Waals surface area contributed by atoms with Gasteiger partial charge in [0.1, 0.15) is 5.69 Å². The summed E-state index contributed by atoms with van der Waals surface area (Å²) in [5, 5.41) is 18.1. The molecule has 39 heavy (non-hydrogen) atoms. The van der Waals surface area contributed by atoms with E-state index in [1.165, 1.54) is 10.5 Å². The van der Waals surface area contributed by atoms with Crippen molar-refractivity contribution >= 4 is 35.1 Å². The first-order valence-electron chi connectivity index (χ1n) is 13.2. The SMILES string of the molecule is N#Cc1ccc(C23CCC(NC(=O)c4c(-c5ccc(Cl)c(Cl)c5)nn5c4CN(C(N)=O)CC5)(CC2)CC3)cc1. The molecule has 3 saturated carbocycles. The highest BCUT2D eigenvalue weighted by Gasteiger charge is 2.50. The number of fused-ring (bicyclic) bond motifs is 4. The van der Waals surface area contributed by atoms with E-state index in [1.807, 2.05) is 12.1 Å². The zero-order chi connectivity index (χ0) is 27.4. The minimum absolute atomic E-state index is 0.0878. The number of aromatic nitrogens is 2. The number of nitrogens with two attached hydrogens (primary N) is 1. The smallest absolute Gasteiger partial charge is 0.315 e. The van der Waals surface area contributed by atoms with Gasteiger partial charge in [-0.15, -0.1) is 0 Å². The fraction of sp³-hybridized carbons (Fsp3) is 0.379. The molecular weight excluding hydrogens is 535 g/mol. The molecule has 8 nitrogen and oxygen atoms in total. The van der Waals surface area contributed by atoms with Crippen molar-refractivity contribution in [2.24, 2.45) is 5.73 Å². The highest BCUT2D eigenvalue weighted by molar-refractivity contribution is 6.42. The molecule has 3 N–H and O–H groups in total. The average Bonchev–Trinajstić information content (AvgIpc) is 3.34. The number of carbonyl (C=O) groups is 2. The van der Waals surface area contributed by atoms with Crippen molar-refractivity contribution in [1.82, 2.24) is 20.0 Å². The van der Waals surface area contributed by atoms with Crippen LogP contribution in [-0.2, 0) is 18.5 Å². The van der Waals surface area contributed by atoms with Gasteiger partial charge >= 0.3 is 6.03 Å². The molecular formula is C29H28Cl2N6O2. The lowest BCUT2D eigenvalue weighted by Crippen LogP contribution is -2.58. The topological polar surface area (TPSA) is 117 Å². The lowest BCUT2D eigenvalue weighted by Gasteiger charge is -2.54. The van der Waals surface area contributed by atoms with Crippen molar-refractivity contribution in [1.29, 1.82) is 5.26 Å². The molecule has 7 rings (SSSR count). The molecule has 200 valence electrons. The maximum atomic E-state index is 14.1. The number of rotatable bonds is 4. The number of amides is 3. The van der Waals surface area contributed by atoms with Gasteiger partial charge in [-0.2, -0.15) is 10.4 Å². The number of hydrogen-bond donors (Lipinski definition) is 2. The van der Waals surface area contributed by atoms with E-state index in [0.717, 1.165) is 38.5 Å². The maximum absolute atomic E-state index is 14.1. The Morgan fingerprint density at radius 1 is 0.974 bits per heavy atom. The van der Waals surface area contributed by atoms with Gasteiger partial charge in [0, 0.05) is 17.6 Å². The van der Waals surface area contributed by atoms with Gasteiger partial charge < -0.3 is 16.0 Å². The molecule has 0 unspecified atom stereocenters. The molecule has 0 saturated heterocycles. The second-order valence-electron chi connectivity index (χ2n) is 11.0. The lowest BCUT2D eigenvalue weighted by molar-refractivity contribution is 0.0603. The number of carbonyl (C=O) groups excluding carboxylic acids is 2. The molecule has 3 aliphatic carbocycles. The van der Waals surface area contributed by atoms with Gasteiger partial charge in [0.2, 0.25) is 0 Å². The first-order valence-corrected chi connectivity index (χ1v) is 13.9. The van der Waals surface area contributed by atoms with Crippen LogP contribution < -0.4 is 11.1 Å². The fourth-order valence-electron chi connectivity index (χ4n) is 6.60. The number of urea groups is 1. The van der Waals surface area contributed by atoms with Crippen LogP contribution >= 0.6 is 23.2 Å². The van der Waals surface area contributed by atoms with Crippen LogP contribution in [-0.4, -0.2) is 38.7 Å². The van der Waals surface area contributed by atoms with Crippen molar-refractivity contribution in [3.8, 4) is 17.3 Å². The van der Waals surface area contributed by atoms with Gasteiger partial charge in [-0.3, -0.25) is 9.48 Å². The van der Waals surface area contributed by atoms with Gasteiger partial charge in [-0.1, -0.05) is 41.4 Å². The number of halogens is 2. The first kappa shape index (κ1) is 25.7. The normalized spacial score (nSPS) is 23.7. The zero-order valence-corrected chi connectivity index (χ0v) is 22.9. The van der Waals surface area contributed by atoms with Crippen LogP contribution in [0, 0.1) is 11.3 Å². The molecule has 4 aliphatic rings. The summed E-state index contributed by atoms with van der Waals surface area (Å²) in [5.41, 5.74) is 9.63. The Morgan fingerprint density at radius 3 is 2.28 bits per heavy atom. The second kappa shape index (κ2) is 9.58. The number of nitrogens with one attached hydrogen (secondary N) is 1. The minimum atomic E-state index is -0.526. The number of hydrogen-bond acceptors (Lipinski definition) is 4. The van der Waals surface area contributed by atoms with Crippen LogP contribution in [0.2, 0.25) is 10.0 Å². The van der Waals surface area contributed by atoms with Crippen molar-refractivity contribution in [2.45, 2.75) is 62.6 Å². The van der Waals surface area contributed by atoms with E-state index < -0.39 is 6.03 Å². The molecule has 2 heterocycles. The highest BCUT2D eigenvalue weighted by atomic mass is 35.5. The highest BCUT2D eigenvalue weighted by Crippen LogP contribution is 2.53. The van der Waals surface area contributed by atoms with Crippen molar-refractivity contribution in [3.63, 3.8) is 0 Å². The van der Waals surface area contributed by atoms with Gasteiger partial charge in [0.25, 0.3) is 5.91 Å². The Bertz CT molecular complexity index is 1500.